The summed E-state index contributed by atoms with van der Waals surface area (Å²) in [6, 6.07) is 1.90. The molecule has 2 aromatic heterocycles. The maximum absolute atomic E-state index is 6.00. The highest BCUT2D eigenvalue weighted by atomic mass is 35.5. The van der Waals surface area contributed by atoms with Crippen LogP contribution in [0.1, 0.15) is 12.5 Å². The van der Waals surface area contributed by atoms with Crippen LogP contribution in [0.2, 0.25) is 5.15 Å². The molecule has 17 heavy (non-hydrogen) atoms. The van der Waals surface area contributed by atoms with E-state index in [9.17, 15) is 0 Å². The van der Waals surface area contributed by atoms with E-state index in [0.717, 1.165) is 30.9 Å². The van der Waals surface area contributed by atoms with Crippen LogP contribution >= 0.6 is 11.6 Å². The molecule has 0 atom stereocenters. The Kier molecular flexibility index (Phi) is 3.93. The van der Waals surface area contributed by atoms with Crippen LogP contribution in [0.5, 0.6) is 0 Å². The molecule has 0 bridgehead atoms. The quantitative estimate of drug-likeness (QED) is 0.826. The first-order valence-corrected chi connectivity index (χ1v) is 5.89. The summed E-state index contributed by atoms with van der Waals surface area (Å²) in [7, 11) is 0. The van der Waals surface area contributed by atoms with Crippen molar-refractivity contribution < 1.29 is 0 Å². The Hall–Kier alpha value is -1.62. The monoisotopic (exact) mass is 251 g/mol. The predicted molar refractivity (Wildman–Crippen MR) is 67.1 cm³/mol. The number of rotatable bonds is 5. The van der Waals surface area contributed by atoms with Crippen molar-refractivity contribution in [2.75, 3.05) is 11.9 Å². The molecule has 0 aromatic carbocycles. The van der Waals surface area contributed by atoms with E-state index in [4.69, 9.17) is 11.6 Å². The molecular weight excluding hydrogens is 238 g/mol. The number of nitrogens with one attached hydrogen (secondary N) is 1. The first kappa shape index (κ1) is 11.9. The highest BCUT2D eigenvalue weighted by Gasteiger charge is 2.06. The lowest BCUT2D eigenvalue weighted by molar-refractivity contribution is 0.636. The minimum Gasteiger partial charge on any atom is -0.368 e. The van der Waals surface area contributed by atoms with Crippen molar-refractivity contribution in [1.29, 1.82) is 0 Å². The van der Waals surface area contributed by atoms with Gasteiger partial charge in [-0.2, -0.15) is 5.10 Å². The van der Waals surface area contributed by atoms with Gasteiger partial charge in [-0.15, -0.1) is 0 Å². The van der Waals surface area contributed by atoms with Gasteiger partial charge >= 0.3 is 0 Å². The molecule has 2 heterocycles. The zero-order valence-corrected chi connectivity index (χ0v) is 10.4. The van der Waals surface area contributed by atoms with Gasteiger partial charge in [0.2, 0.25) is 0 Å². The van der Waals surface area contributed by atoms with Crippen molar-refractivity contribution in [2.24, 2.45) is 0 Å². The minimum atomic E-state index is 0.518. The Morgan fingerprint density at radius 1 is 1.41 bits per heavy atom. The number of hydrogen-bond acceptors (Lipinski definition) is 4. The van der Waals surface area contributed by atoms with Crippen molar-refractivity contribution >= 4 is 17.4 Å². The molecule has 0 unspecified atom stereocenters. The number of anilines is 1. The van der Waals surface area contributed by atoms with Gasteiger partial charge in [-0.05, 0) is 12.5 Å². The van der Waals surface area contributed by atoms with Crippen LogP contribution in [0.15, 0.2) is 24.8 Å². The van der Waals surface area contributed by atoms with Gasteiger partial charge in [0.25, 0.3) is 0 Å². The van der Waals surface area contributed by atoms with Crippen LogP contribution in [0.4, 0.5) is 5.82 Å². The van der Waals surface area contributed by atoms with Crippen molar-refractivity contribution in [1.82, 2.24) is 19.7 Å². The van der Waals surface area contributed by atoms with Crippen molar-refractivity contribution in [3.63, 3.8) is 0 Å². The molecule has 6 heteroatoms. The topological polar surface area (TPSA) is 55.6 Å². The first-order valence-electron chi connectivity index (χ1n) is 5.52. The van der Waals surface area contributed by atoms with E-state index in [0.29, 0.717) is 5.15 Å². The number of hydrogen-bond donors (Lipinski definition) is 1. The molecule has 0 saturated carbocycles. The summed E-state index contributed by atoms with van der Waals surface area (Å²) < 4.78 is 1.86. The molecule has 0 radical (unpaired) electrons. The largest absolute Gasteiger partial charge is 0.368 e. The third-order valence-electron chi connectivity index (χ3n) is 2.44. The van der Waals surface area contributed by atoms with E-state index in [-0.39, 0.29) is 0 Å². The molecule has 2 aromatic rings. The second kappa shape index (κ2) is 5.63. The van der Waals surface area contributed by atoms with Gasteiger partial charge in [0.1, 0.15) is 17.3 Å². The lowest BCUT2D eigenvalue weighted by Gasteiger charge is -2.10. The third-order valence-corrected chi connectivity index (χ3v) is 2.76. The molecular formula is C11H14ClN5. The molecule has 0 amide bonds. The van der Waals surface area contributed by atoms with Gasteiger partial charge in [0, 0.05) is 24.5 Å². The summed E-state index contributed by atoms with van der Waals surface area (Å²) in [5.74, 6) is 0.805. The summed E-state index contributed by atoms with van der Waals surface area (Å²) in [6.07, 6.45) is 5.97. The molecule has 0 aliphatic rings. The van der Waals surface area contributed by atoms with Gasteiger partial charge in [-0.25, -0.2) is 9.97 Å². The highest BCUT2D eigenvalue weighted by molar-refractivity contribution is 6.30. The predicted octanol–water partition coefficient (Wildman–Crippen LogP) is 2.00. The van der Waals surface area contributed by atoms with E-state index in [1.54, 1.807) is 6.20 Å². The van der Waals surface area contributed by atoms with Gasteiger partial charge in [-0.1, -0.05) is 18.5 Å². The minimum absolute atomic E-state index is 0.518. The second-order valence-corrected chi connectivity index (χ2v) is 3.90. The van der Waals surface area contributed by atoms with Crippen molar-refractivity contribution in [3.05, 3.63) is 35.5 Å². The third kappa shape index (κ3) is 2.94. The van der Waals surface area contributed by atoms with E-state index in [1.807, 2.05) is 23.9 Å². The van der Waals surface area contributed by atoms with Crippen LogP contribution in [-0.2, 0) is 13.0 Å². The number of nitrogens with zero attached hydrogens (tertiary/aromatic N) is 4. The summed E-state index contributed by atoms with van der Waals surface area (Å²) >= 11 is 6.00. The Balaban J connectivity index is 1.97. The van der Waals surface area contributed by atoms with Gasteiger partial charge in [-0.3, -0.25) is 4.68 Å². The molecule has 0 spiro atoms. The Bertz CT molecular complexity index is 469. The molecule has 2 rings (SSSR count). The lowest BCUT2D eigenvalue weighted by Crippen LogP contribution is -2.13. The van der Waals surface area contributed by atoms with Crippen LogP contribution < -0.4 is 5.32 Å². The van der Waals surface area contributed by atoms with Crippen LogP contribution in [0.25, 0.3) is 0 Å². The standard InChI is InChI=1S/C11H14ClN5/c1-2-9-10(12)14-8-15-11(9)13-5-7-17-6-3-4-16-17/h3-4,6,8H,2,5,7H2,1H3,(H,13,14,15). The molecule has 0 fully saturated rings. The Morgan fingerprint density at radius 3 is 3.00 bits per heavy atom. The highest BCUT2D eigenvalue weighted by Crippen LogP contribution is 2.19. The van der Waals surface area contributed by atoms with Gasteiger partial charge in [0.05, 0.1) is 6.54 Å². The number of halogens is 1. The average Bonchev–Trinajstić information content (AvgIpc) is 2.82. The normalized spacial score (nSPS) is 10.5. The van der Waals surface area contributed by atoms with Gasteiger partial charge < -0.3 is 5.32 Å². The van der Waals surface area contributed by atoms with E-state index < -0.39 is 0 Å². The zero-order chi connectivity index (χ0) is 12.1. The maximum Gasteiger partial charge on any atom is 0.137 e. The van der Waals surface area contributed by atoms with E-state index in [2.05, 4.69) is 20.4 Å². The fraction of sp³-hybridized carbons (Fsp3) is 0.364. The number of aromatic nitrogens is 4. The fourth-order valence-corrected chi connectivity index (χ4v) is 1.84. The van der Waals surface area contributed by atoms with Crippen molar-refractivity contribution in [2.45, 2.75) is 19.9 Å². The van der Waals surface area contributed by atoms with Crippen LogP contribution in [-0.4, -0.2) is 26.3 Å². The van der Waals surface area contributed by atoms with Crippen LogP contribution in [0, 0.1) is 0 Å². The molecule has 0 aliphatic heterocycles. The summed E-state index contributed by atoms with van der Waals surface area (Å²) in [5, 5.41) is 7.89. The SMILES string of the molecule is CCc1c(Cl)ncnc1NCCn1cccn1. The second-order valence-electron chi connectivity index (χ2n) is 3.54. The average molecular weight is 252 g/mol. The maximum atomic E-state index is 6.00. The zero-order valence-electron chi connectivity index (χ0n) is 9.60. The summed E-state index contributed by atoms with van der Waals surface area (Å²) in [4.78, 5) is 8.16. The van der Waals surface area contributed by atoms with Crippen LogP contribution in [0.3, 0.4) is 0 Å². The summed E-state index contributed by atoms with van der Waals surface area (Å²) in [6.45, 7) is 3.57. The smallest absolute Gasteiger partial charge is 0.137 e. The molecule has 5 nitrogen and oxygen atoms in total. The first-order chi connectivity index (χ1) is 8.31. The Labute approximate surface area is 105 Å². The molecule has 1 N–H and O–H groups in total. The van der Waals surface area contributed by atoms with E-state index >= 15 is 0 Å². The molecule has 0 aliphatic carbocycles. The van der Waals surface area contributed by atoms with Crippen molar-refractivity contribution in [3.8, 4) is 0 Å². The fourth-order valence-electron chi connectivity index (χ4n) is 1.58. The Morgan fingerprint density at radius 2 is 2.29 bits per heavy atom. The lowest BCUT2D eigenvalue weighted by atomic mass is 10.2. The molecule has 0 saturated heterocycles. The van der Waals surface area contributed by atoms with E-state index in [1.165, 1.54) is 6.33 Å². The summed E-state index contributed by atoms with van der Waals surface area (Å²) in [5.41, 5.74) is 0.953. The molecule has 90 valence electrons. The van der Waals surface area contributed by atoms with Gasteiger partial charge in [0.15, 0.2) is 0 Å².